The normalized spacial score (nSPS) is 18.5. The lowest BCUT2D eigenvalue weighted by Crippen LogP contribution is -2.39. The van der Waals surface area contributed by atoms with Gasteiger partial charge in [0.05, 0.1) is 5.92 Å². The Balaban J connectivity index is 1.84. The number of carbonyl (C=O) groups excluding carboxylic acids is 1. The van der Waals surface area contributed by atoms with E-state index in [9.17, 15) is 4.79 Å². The molecule has 0 radical (unpaired) electrons. The van der Waals surface area contributed by atoms with Crippen molar-refractivity contribution in [3.8, 4) is 5.75 Å². The highest BCUT2D eigenvalue weighted by Crippen LogP contribution is 2.26. The fourth-order valence-corrected chi connectivity index (χ4v) is 2.88. The summed E-state index contributed by atoms with van der Waals surface area (Å²) in [4.78, 5) is 12.3. The molecule has 1 amide bonds. The second-order valence-electron chi connectivity index (χ2n) is 5.80. The molecule has 4 heteroatoms. The van der Waals surface area contributed by atoms with Crippen LogP contribution in [0.3, 0.4) is 0 Å². The van der Waals surface area contributed by atoms with Crippen LogP contribution < -0.4 is 15.8 Å². The summed E-state index contributed by atoms with van der Waals surface area (Å²) in [5.74, 6) is 1.41. The van der Waals surface area contributed by atoms with Gasteiger partial charge in [-0.15, -0.1) is 0 Å². The molecule has 1 aromatic carbocycles. The van der Waals surface area contributed by atoms with E-state index in [-0.39, 0.29) is 11.8 Å². The second-order valence-corrected chi connectivity index (χ2v) is 5.80. The quantitative estimate of drug-likeness (QED) is 0.808. The molecule has 0 aromatic heterocycles. The van der Waals surface area contributed by atoms with Crippen molar-refractivity contribution in [1.29, 1.82) is 0 Å². The molecule has 2 unspecified atom stereocenters. The van der Waals surface area contributed by atoms with Gasteiger partial charge in [0.15, 0.2) is 0 Å². The molecule has 1 heterocycles. The first-order chi connectivity index (χ1) is 10.2. The van der Waals surface area contributed by atoms with E-state index in [1.807, 2.05) is 24.3 Å². The first-order valence-electron chi connectivity index (χ1n) is 7.93. The molecule has 0 bridgehead atoms. The molecule has 21 heavy (non-hydrogen) atoms. The number of hydrogen-bond donors (Lipinski definition) is 2. The standard InChI is InChI=1S/C17H26N2O2/c1-2-5-13(8-9-18)11-19-17(20)15-10-14-6-3-4-7-16(14)21-12-15/h3-4,6-7,13,15H,2,5,8-12,18H2,1H3,(H,19,20). The summed E-state index contributed by atoms with van der Waals surface area (Å²) in [6, 6.07) is 7.94. The van der Waals surface area contributed by atoms with Gasteiger partial charge in [0.2, 0.25) is 5.91 Å². The maximum atomic E-state index is 12.3. The van der Waals surface area contributed by atoms with Crippen molar-refractivity contribution >= 4 is 5.91 Å². The summed E-state index contributed by atoms with van der Waals surface area (Å²) >= 11 is 0. The van der Waals surface area contributed by atoms with Crippen molar-refractivity contribution in [3.05, 3.63) is 29.8 Å². The van der Waals surface area contributed by atoms with Crippen molar-refractivity contribution in [1.82, 2.24) is 5.32 Å². The lowest BCUT2D eigenvalue weighted by Gasteiger charge is -2.25. The summed E-state index contributed by atoms with van der Waals surface area (Å²) in [6.07, 6.45) is 3.97. The number of para-hydroxylation sites is 1. The fraction of sp³-hybridized carbons (Fsp3) is 0.588. The maximum Gasteiger partial charge on any atom is 0.226 e. The van der Waals surface area contributed by atoms with E-state index < -0.39 is 0 Å². The highest BCUT2D eigenvalue weighted by molar-refractivity contribution is 5.79. The third-order valence-corrected chi connectivity index (χ3v) is 4.09. The Morgan fingerprint density at radius 2 is 2.24 bits per heavy atom. The van der Waals surface area contributed by atoms with E-state index in [4.69, 9.17) is 10.5 Å². The molecule has 4 nitrogen and oxygen atoms in total. The largest absolute Gasteiger partial charge is 0.492 e. The van der Waals surface area contributed by atoms with Crippen molar-refractivity contribution in [2.75, 3.05) is 19.7 Å². The van der Waals surface area contributed by atoms with Crippen molar-refractivity contribution in [2.45, 2.75) is 32.6 Å². The lowest BCUT2D eigenvalue weighted by atomic mass is 9.95. The number of ether oxygens (including phenoxy) is 1. The predicted octanol–water partition coefficient (Wildman–Crippen LogP) is 2.12. The molecule has 2 rings (SSSR count). The van der Waals surface area contributed by atoms with Crippen LogP contribution in [0.15, 0.2) is 24.3 Å². The zero-order chi connectivity index (χ0) is 15.1. The SMILES string of the molecule is CCCC(CCN)CNC(=O)C1COc2ccccc2C1. The number of hydrogen-bond acceptors (Lipinski definition) is 3. The summed E-state index contributed by atoms with van der Waals surface area (Å²) in [5.41, 5.74) is 6.75. The average Bonchev–Trinajstić information content (AvgIpc) is 2.52. The molecular formula is C17H26N2O2. The van der Waals surface area contributed by atoms with Gasteiger partial charge in [-0.25, -0.2) is 0 Å². The summed E-state index contributed by atoms with van der Waals surface area (Å²) in [7, 11) is 0. The van der Waals surface area contributed by atoms with Crippen molar-refractivity contribution in [3.63, 3.8) is 0 Å². The minimum atomic E-state index is -0.0833. The van der Waals surface area contributed by atoms with Gasteiger partial charge in [0.25, 0.3) is 0 Å². The molecule has 1 aliphatic rings. The summed E-state index contributed by atoms with van der Waals surface area (Å²) < 4.78 is 5.68. The van der Waals surface area contributed by atoms with Crippen LogP contribution in [0.2, 0.25) is 0 Å². The van der Waals surface area contributed by atoms with Gasteiger partial charge < -0.3 is 15.8 Å². The Bertz CT molecular complexity index is 456. The Kier molecular flexibility index (Phi) is 6.05. The minimum absolute atomic E-state index is 0.0833. The summed E-state index contributed by atoms with van der Waals surface area (Å²) in [5, 5.41) is 3.08. The zero-order valence-electron chi connectivity index (χ0n) is 12.8. The highest BCUT2D eigenvalue weighted by atomic mass is 16.5. The second kappa shape index (κ2) is 8.03. The lowest BCUT2D eigenvalue weighted by molar-refractivity contribution is -0.126. The van der Waals surface area contributed by atoms with E-state index in [1.165, 1.54) is 0 Å². The molecule has 3 N–H and O–H groups in total. The molecule has 0 saturated heterocycles. The Morgan fingerprint density at radius 3 is 3.00 bits per heavy atom. The van der Waals surface area contributed by atoms with Crippen LogP contribution in [-0.2, 0) is 11.2 Å². The van der Waals surface area contributed by atoms with Gasteiger partial charge in [-0.05, 0) is 43.4 Å². The van der Waals surface area contributed by atoms with Gasteiger partial charge in [-0.2, -0.15) is 0 Å². The molecule has 1 aliphatic heterocycles. The molecule has 0 spiro atoms. The number of amides is 1. The smallest absolute Gasteiger partial charge is 0.226 e. The van der Waals surface area contributed by atoms with Crippen LogP contribution >= 0.6 is 0 Å². The monoisotopic (exact) mass is 290 g/mol. The van der Waals surface area contributed by atoms with Crippen LogP contribution in [0.1, 0.15) is 31.7 Å². The van der Waals surface area contributed by atoms with Gasteiger partial charge in [0, 0.05) is 6.54 Å². The van der Waals surface area contributed by atoms with E-state index in [1.54, 1.807) is 0 Å². The van der Waals surface area contributed by atoms with E-state index in [0.29, 0.717) is 19.1 Å². The van der Waals surface area contributed by atoms with Crippen LogP contribution in [0.25, 0.3) is 0 Å². The number of fused-ring (bicyclic) bond motifs is 1. The van der Waals surface area contributed by atoms with Crippen LogP contribution in [0.5, 0.6) is 5.75 Å². The molecule has 0 fully saturated rings. The van der Waals surface area contributed by atoms with Crippen LogP contribution in [-0.4, -0.2) is 25.6 Å². The molecule has 0 saturated carbocycles. The number of carbonyl (C=O) groups is 1. The van der Waals surface area contributed by atoms with Crippen molar-refractivity contribution in [2.24, 2.45) is 17.6 Å². The minimum Gasteiger partial charge on any atom is -0.492 e. The van der Waals surface area contributed by atoms with E-state index in [0.717, 1.165) is 43.5 Å². The number of nitrogens with one attached hydrogen (secondary N) is 1. The Hall–Kier alpha value is -1.55. The van der Waals surface area contributed by atoms with Gasteiger partial charge in [0.1, 0.15) is 12.4 Å². The first kappa shape index (κ1) is 15.8. The molecule has 0 aliphatic carbocycles. The number of rotatable bonds is 7. The number of benzene rings is 1. The highest BCUT2D eigenvalue weighted by Gasteiger charge is 2.25. The van der Waals surface area contributed by atoms with Crippen LogP contribution in [0.4, 0.5) is 0 Å². The topological polar surface area (TPSA) is 64.3 Å². The number of nitrogens with two attached hydrogens (primary N) is 1. The average molecular weight is 290 g/mol. The van der Waals surface area contributed by atoms with Gasteiger partial charge >= 0.3 is 0 Å². The predicted molar refractivity (Wildman–Crippen MR) is 84.2 cm³/mol. The van der Waals surface area contributed by atoms with Gasteiger partial charge in [-0.3, -0.25) is 4.79 Å². The third-order valence-electron chi connectivity index (χ3n) is 4.09. The van der Waals surface area contributed by atoms with Crippen LogP contribution in [0, 0.1) is 11.8 Å². The van der Waals surface area contributed by atoms with E-state index in [2.05, 4.69) is 12.2 Å². The Labute approximate surface area is 127 Å². The summed E-state index contributed by atoms with van der Waals surface area (Å²) in [6.45, 7) is 4.04. The zero-order valence-corrected chi connectivity index (χ0v) is 12.8. The molecule has 1 aromatic rings. The first-order valence-corrected chi connectivity index (χ1v) is 7.93. The van der Waals surface area contributed by atoms with E-state index >= 15 is 0 Å². The molecule has 2 atom stereocenters. The fourth-order valence-electron chi connectivity index (χ4n) is 2.88. The Morgan fingerprint density at radius 1 is 1.43 bits per heavy atom. The molecule has 116 valence electrons. The maximum absolute atomic E-state index is 12.3. The van der Waals surface area contributed by atoms with Crippen molar-refractivity contribution < 1.29 is 9.53 Å². The third kappa shape index (κ3) is 4.46. The van der Waals surface area contributed by atoms with Gasteiger partial charge in [-0.1, -0.05) is 31.5 Å². The molecular weight excluding hydrogens is 264 g/mol.